The van der Waals surface area contributed by atoms with Gasteiger partial charge in [-0.3, -0.25) is 4.57 Å². The molecule has 0 atom stereocenters. The van der Waals surface area contributed by atoms with Crippen LogP contribution in [0.15, 0.2) is 36.7 Å². The summed E-state index contributed by atoms with van der Waals surface area (Å²) in [5.74, 6) is 0.773. The molecule has 0 aliphatic rings. The van der Waals surface area contributed by atoms with Crippen molar-refractivity contribution in [1.29, 1.82) is 5.26 Å². The van der Waals surface area contributed by atoms with Crippen LogP contribution in [0.2, 0.25) is 0 Å². The smallest absolute Gasteiger partial charge is 0.319 e. The van der Waals surface area contributed by atoms with Gasteiger partial charge in [0.25, 0.3) is 0 Å². The maximum Gasteiger partial charge on any atom is 0.319 e. The van der Waals surface area contributed by atoms with E-state index < -0.39 is 6.55 Å². The van der Waals surface area contributed by atoms with Gasteiger partial charge in [-0.05, 0) is 12.1 Å². The van der Waals surface area contributed by atoms with Crippen LogP contribution in [0.1, 0.15) is 18.2 Å². The lowest BCUT2D eigenvalue weighted by atomic mass is 10.3. The summed E-state index contributed by atoms with van der Waals surface area (Å²) in [5.41, 5.74) is 1.53. The van der Waals surface area contributed by atoms with Gasteiger partial charge in [0.15, 0.2) is 0 Å². The van der Waals surface area contributed by atoms with Crippen molar-refractivity contribution in [1.82, 2.24) is 19.1 Å². The second-order valence-electron chi connectivity index (χ2n) is 4.47. The quantitative estimate of drug-likeness (QED) is 0.741. The number of imidazole rings is 2. The molecule has 1 aromatic carbocycles. The van der Waals surface area contributed by atoms with Crippen LogP contribution in [-0.2, 0) is 13.0 Å². The molecule has 21 heavy (non-hydrogen) atoms. The van der Waals surface area contributed by atoms with E-state index >= 15 is 0 Å². The number of nitrogens with zero attached hydrogens (tertiary/aromatic N) is 5. The van der Waals surface area contributed by atoms with Crippen molar-refractivity contribution in [3.05, 3.63) is 48.3 Å². The fourth-order valence-corrected chi connectivity index (χ4v) is 2.29. The fraction of sp³-hybridized carbons (Fsp3) is 0.214. The van der Waals surface area contributed by atoms with Crippen LogP contribution in [0, 0.1) is 11.3 Å². The molecule has 2 aromatic heterocycles. The molecule has 7 heteroatoms. The number of para-hydroxylation sites is 2. The molecule has 0 amide bonds. The first kappa shape index (κ1) is 13.2. The van der Waals surface area contributed by atoms with E-state index in [1.165, 1.54) is 12.4 Å². The molecule has 2 heterocycles. The zero-order chi connectivity index (χ0) is 14.8. The number of halogens is 2. The summed E-state index contributed by atoms with van der Waals surface area (Å²) in [6.07, 6.45) is 2.69. The summed E-state index contributed by atoms with van der Waals surface area (Å²) >= 11 is 0. The van der Waals surface area contributed by atoms with Gasteiger partial charge in [0.1, 0.15) is 11.6 Å². The first-order chi connectivity index (χ1) is 10.2. The van der Waals surface area contributed by atoms with Crippen molar-refractivity contribution in [3.63, 3.8) is 0 Å². The predicted octanol–water partition coefficient (Wildman–Crippen LogP) is 2.74. The minimum atomic E-state index is -2.64. The van der Waals surface area contributed by atoms with E-state index in [4.69, 9.17) is 5.26 Å². The average Bonchev–Trinajstić information content (AvgIpc) is 3.06. The van der Waals surface area contributed by atoms with Crippen molar-refractivity contribution in [2.75, 3.05) is 0 Å². The molecule has 0 saturated carbocycles. The lowest BCUT2D eigenvalue weighted by Gasteiger charge is -2.09. The van der Waals surface area contributed by atoms with Gasteiger partial charge >= 0.3 is 6.55 Å². The van der Waals surface area contributed by atoms with E-state index in [1.807, 2.05) is 30.3 Å². The van der Waals surface area contributed by atoms with Crippen molar-refractivity contribution in [3.8, 4) is 6.07 Å². The van der Waals surface area contributed by atoms with Crippen molar-refractivity contribution in [2.45, 2.75) is 19.5 Å². The molecule has 0 bridgehead atoms. The third kappa shape index (κ3) is 2.36. The number of benzene rings is 1. The monoisotopic (exact) mass is 287 g/mol. The van der Waals surface area contributed by atoms with Gasteiger partial charge in [-0.25, -0.2) is 9.97 Å². The molecule has 3 rings (SSSR count). The van der Waals surface area contributed by atoms with E-state index in [9.17, 15) is 8.78 Å². The summed E-state index contributed by atoms with van der Waals surface area (Å²) in [7, 11) is 0. The van der Waals surface area contributed by atoms with Crippen LogP contribution in [-0.4, -0.2) is 19.1 Å². The summed E-state index contributed by atoms with van der Waals surface area (Å²) in [4.78, 5) is 8.35. The number of rotatable bonds is 4. The average molecular weight is 287 g/mol. The molecule has 0 N–H and O–H groups in total. The summed E-state index contributed by atoms with van der Waals surface area (Å²) in [5, 5.41) is 8.89. The molecular formula is C14H11F2N5. The lowest BCUT2D eigenvalue weighted by molar-refractivity contribution is 0.0667. The maximum atomic E-state index is 12.9. The van der Waals surface area contributed by atoms with Gasteiger partial charge in [0.05, 0.1) is 30.1 Å². The molecule has 106 valence electrons. The van der Waals surface area contributed by atoms with E-state index in [2.05, 4.69) is 9.97 Å². The molecule has 0 radical (unpaired) electrons. The molecule has 0 unspecified atom stereocenters. The molecular weight excluding hydrogens is 276 g/mol. The third-order valence-electron chi connectivity index (χ3n) is 3.23. The van der Waals surface area contributed by atoms with E-state index in [0.717, 1.165) is 15.6 Å². The van der Waals surface area contributed by atoms with Gasteiger partial charge in [0.2, 0.25) is 0 Å². The van der Waals surface area contributed by atoms with E-state index in [-0.39, 0.29) is 18.8 Å². The summed E-state index contributed by atoms with van der Waals surface area (Å²) in [6, 6.07) is 9.40. The van der Waals surface area contributed by atoms with Crippen LogP contribution in [0.5, 0.6) is 0 Å². The topological polar surface area (TPSA) is 59.4 Å². The Balaban J connectivity index is 2.08. The highest BCUT2D eigenvalue weighted by atomic mass is 19.3. The van der Waals surface area contributed by atoms with Crippen LogP contribution in [0.25, 0.3) is 11.0 Å². The number of hydrogen-bond acceptors (Lipinski definition) is 3. The Labute approximate surface area is 119 Å². The molecule has 0 aliphatic carbocycles. The number of alkyl halides is 2. The first-order valence-corrected chi connectivity index (χ1v) is 6.31. The standard InChI is InChI=1S/C14H11F2N5/c15-14(16)20-8-7-18-13(20)9-21-11-4-2-1-3-10(11)19-12(21)5-6-17/h1-4,7-8,14H,5,9H2. The normalized spacial score (nSPS) is 11.1. The Bertz CT molecular complexity index is 812. The maximum absolute atomic E-state index is 12.9. The summed E-state index contributed by atoms with van der Waals surface area (Å²) < 4.78 is 28.4. The van der Waals surface area contributed by atoms with Crippen LogP contribution in [0.4, 0.5) is 8.78 Å². The molecule has 0 fully saturated rings. The largest absolute Gasteiger partial charge is 0.319 e. The summed E-state index contributed by atoms with van der Waals surface area (Å²) in [6.45, 7) is -2.49. The molecule has 0 spiro atoms. The zero-order valence-corrected chi connectivity index (χ0v) is 10.9. The number of fused-ring (bicyclic) bond motifs is 1. The number of nitriles is 1. The highest BCUT2D eigenvalue weighted by Crippen LogP contribution is 2.19. The molecule has 3 aromatic rings. The van der Waals surface area contributed by atoms with Crippen LogP contribution < -0.4 is 0 Å². The Morgan fingerprint density at radius 2 is 2.05 bits per heavy atom. The second kappa shape index (κ2) is 5.32. The highest BCUT2D eigenvalue weighted by Gasteiger charge is 2.16. The van der Waals surface area contributed by atoms with E-state index in [0.29, 0.717) is 5.82 Å². The highest BCUT2D eigenvalue weighted by molar-refractivity contribution is 5.76. The number of aromatic nitrogens is 4. The van der Waals surface area contributed by atoms with Crippen molar-refractivity contribution >= 4 is 11.0 Å². The zero-order valence-electron chi connectivity index (χ0n) is 10.9. The van der Waals surface area contributed by atoms with Crippen LogP contribution in [0.3, 0.4) is 0 Å². The Kier molecular flexibility index (Phi) is 3.36. The van der Waals surface area contributed by atoms with Crippen molar-refractivity contribution < 1.29 is 8.78 Å². The van der Waals surface area contributed by atoms with Gasteiger partial charge in [-0.2, -0.15) is 14.0 Å². The van der Waals surface area contributed by atoms with E-state index in [1.54, 1.807) is 4.57 Å². The predicted molar refractivity (Wildman–Crippen MR) is 71.6 cm³/mol. The third-order valence-corrected chi connectivity index (χ3v) is 3.23. The minimum Gasteiger partial charge on any atom is -0.319 e. The minimum absolute atomic E-state index is 0.115. The van der Waals surface area contributed by atoms with Gasteiger partial charge in [-0.1, -0.05) is 12.1 Å². The Morgan fingerprint density at radius 3 is 2.81 bits per heavy atom. The second-order valence-corrected chi connectivity index (χ2v) is 4.47. The Morgan fingerprint density at radius 1 is 1.24 bits per heavy atom. The van der Waals surface area contributed by atoms with Crippen molar-refractivity contribution in [2.24, 2.45) is 0 Å². The molecule has 5 nitrogen and oxygen atoms in total. The SMILES string of the molecule is N#CCc1nc2ccccc2n1Cc1nccn1C(F)F. The first-order valence-electron chi connectivity index (χ1n) is 6.31. The van der Waals surface area contributed by atoms with Gasteiger partial charge in [-0.15, -0.1) is 0 Å². The number of hydrogen-bond donors (Lipinski definition) is 0. The fourth-order valence-electron chi connectivity index (χ4n) is 2.29. The van der Waals surface area contributed by atoms with Crippen LogP contribution >= 0.6 is 0 Å². The molecule has 0 saturated heterocycles. The molecule has 0 aliphatic heterocycles. The lowest BCUT2D eigenvalue weighted by Crippen LogP contribution is -2.11. The van der Waals surface area contributed by atoms with Gasteiger partial charge < -0.3 is 4.57 Å². The van der Waals surface area contributed by atoms with Gasteiger partial charge in [0, 0.05) is 12.4 Å². The Hall–Kier alpha value is -2.75.